The van der Waals surface area contributed by atoms with Crippen molar-refractivity contribution in [2.75, 3.05) is 0 Å². The Bertz CT molecular complexity index is 1480. The van der Waals surface area contributed by atoms with Gasteiger partial charge in [0.15, 0.2) is 0 Å². The maximum Gasteiger partial charge on any atom is 0.150 e. The van der Waals surface area contributed by atoms with E-state index in [0.717, 1.165) is 28.2 Å². The van der Waals surface area contributed by atoms with E-state index in [9.17, 15) is 15.0 Å². The van der Waals surface area contributed by atoms with E-state index in [0.29, 0.717) is 34.4 Å². The van der Waals surface area contributed by atoms with Crippen LogP contribution in [0.3, 0.4) is 0 Å². The highest BCUT2D eigenvalue weighted by Gasteiger charge is 2.42. The molecule has 35 heavy (non-hydrogen) atoms. The lowest BCUT2D eigenvalue weighted by Crippen LogP contribution is -2.33. The van der Waals surface area contributed by atoms with Crippen molar-refractivity contribution in [1.82, 2.24) is 0 Å². The molecule has 0 radical (unpaired) electrons. The molecule has 0 fully saturated rings. The molecule has 0 aromatic heterocycles. The van der Waals surface area contributed by atoms with E-state index in [1.54, 1.807) is 24.3 Å². The predicted octanol–water partition coefficient (Wildman–Crippen LogP) is 5.77. The van der Waals surface area contributed by atoms with E-state index >= 15 is 0 Å². The zero-order valence-electron chi connectivity index (χ0n) is 19.5. The summed E-state index contributed by atoms with van der Waals surface area (Å²) in [5.41, 5.74) is 8.46. The first-order chi connectivity index (χ1) is 16.9. The number of hydrogen-bond donors (Lipinski definition) is 3. The van der Waals surface area contributed by atoms with Gasteiger partial charge >= 0.3 is 0 Å². The molecule has 4 heteroatoms. The van der Waals surface area contributed by atoms with Gasteiger partial charge in [-0.3, -0.25) is 4.79 Å². The molecule has 0 saturated heterocycles. The Labute approximate surface area is 204 Å². The number of allylic oxidation sites excluding steroid dienone is 11. The van der Waals surface area contributed by atoms with Crippen LogP contribution in [-0.4, -0.2) is 16.5 Å². The van der Waals surface area contributed by atoms with Gasteiger partial charge in [-0.05, 0) is 59.5 Å². The van der Waals surface area contributed by atoms with Crippen LogP contribution in [0, 0.1) is 5.92 Å². The molecule has 0 bridgehead atoms. The standard InChI is InChI=1S/C31H27NO3/c1-20-6-8-25(19-33)28(14-7-20)31(35,26-12-9-21-4-2-3-5-22(21)16-26)29-15-11-23-17-27(32)13-10-24(23)18-30(29)34/h2-5,7-19,24,34-35H,6,32H2,1H3. The van der Waals surface area contributed by atoms with Crippen molar-refractivity contribution in [3.05, 3.63) is 142 Å². The number of fused-ring (bicyclic) bond motifs is 2. The van der Waals surface area contributed by atoms with Gasteiger partial charge in [-0.2, -0.15) is 0 Å². The fraction of sp³-hybridized carbons (Fsp3) is 0.129. The van der Waals surface area contributed by atoms with Crippen LogP contribution in [0.4, 0.5) is 0 Å². The Hall–Kier alpha value is -4.15. The summed E-state index contributed by atoms with van der Waals surface area (Å²) in [6, 6.07) is 13.6. The number of nitrogens with two attached hydrogens (primary N) is 1. The Balaban J connectivity index is 1.79. The first-order valence-corrected chi connectivity index (χ1v) is 11.6. The van der Waals surface area contributed by atoms with Gasteiger partial charge in [0.2, 0.25) is 0 Å². The van der Waals surface area contributed by atoms with E-state index in [2.05, 4.69) is 0 Å². The third kappa shape index (κ3) is 4.02. The predicted molar refractivity (Wildman–Crippen MR) is 140 cm³/mol. The number of aliphatic hydroxyl groups excluding tert-OH is 1. The highest BCUT2D eigenvalue weighted by Crippen LogP contribution is 2.45. The number of hydrogen-bond acceptors (Lipinski definition) is 4. The van der Waals surface area contributed by atoms with Gasteiger partial charge in [0.1, 0.15) is 17.6 Å². The van der Waals surface area contributed by atoms with Crippen LogP contribution >= 0.6 is 0 Å². The molecule has 0 heterocycles. The third-order valence-electron chi connectivity index (χ3n) is 6.83. The van der Waals surface area contributed by atoms with Crippen molar-refractivity contribution in [1.29, 1.82) is 0 Å². The summed E-state index contributed by atoms with van der Waals surface area (Å²) in [7, 11) is 0. The fourth-order valence-corrected chi connectivity index (χ4v) is 4.89. The van der Waals surface area contributed by atoms with Gasteiger partial charge in [0.25, 0.3) is 0 Å². The summed E-state index contributed by atoms with van der Waals surface area (Å²) in [5, 5.41) is 26.0. The maximum absolute atomic E-state index is 12.6. The van der Waals surface area contributed by atoms with Gasteiger partial charge in [-0.1, -0.05) is 78.4 Å². The fourth-order valence-electron chi connectivity index (χ4n) is 4.89. The summed E-state index contributed by atoms with van der Waals surface area (Å²) in [6.07, 6.45) is 17.8. The first-order valence-electron chi connectivity index (χ1n) is 11.6. The van der Waals surface area contributed by atoms with E-state index in [-0.39, 0.29) is 11.7 Å². The molecule has 0 aliphatic heterocycles. The lowest BCUT2D eigenvalue weighted by Gasteiger charge is -2.34. The van der Waals surface area contributed by atoms with Crippen LogP contribution in [0.1, 0.15) is 18.9 Å². The summed E-state index contributed by atoms with van der Waals surface area (Å²) in [6.45, 7) is 1.98. The summed E-state index contributed by atoms with van der Waals surface area (Å²) in [4.78, 5) is 12.2. The van der Waals surface area contributed by atoms with Crippen molar-refractivity contribution < 1.29 is 15.0 Å². The number of carbonyl (C=O) groups is 1. The van der Waals surface area contributed by atoms with E-state index in [1.165, 1.54) is 0 Å². The molecule has 2 aromatic carbocycles. The lowest BCUT2D eigenvalue weighted by atomic mass is 9.75. The van der Waals surface area contributed by atoms with E-state index in [4.69, 9.17) is 5.73 Å². The highest BCUT2D eigenvalue weighted by atomic mass is 16.3. The molecule has 174 valence electrons. The average molecular weight is 462 g/mol. The molecule has 3 aliphatic rings. The van der Waals surface area contributed by atoms with Gasteiger partial charge in [-0.25, -0.2) is 0 Å². The minimum Gasteiger partial charge on any atom is -0.508 e. The van der Waals surface area contributed by atoms with Gasteiger partial charge in [0, 0.05) is 28.3 Å². The Kier molecular flexibility index (Phi) is 5.75. The first kappa shape index (κ1) is 22.6. The third-order valence-corrected chi connectivity index (χ3v) is 6.83. The molecule has 4 N–H and O–H groups in total. The number of carbonyl (C=O) groups excluding carboxylic acids is 1. The molecule has 2 aromatic rings. The summed E-state index contributed by atoms with van der Waals surface area (Å²) < 4.78 is 0. The molecular formula is C31H27NO3. The van der Waals surface area contributed by atoms with Crippen LogP contribution in [0.15, 0.2) is 136 Å². The SMILES string of the molecule is CC1=CC=C(C(O)(C2=CC=C3C=C(N)C=CC3C=C2O)c2ccc3ccccc3c2)C(C=O)=CC1. The van der Waals surface area contributed by atoms with Crippen molar-refractivity contribution in [2.45, 2.75) is 18.9 Å². The second-order valence-electron chi connectivity index (χ2n) is 9.18. The van der Waals surface area contributed by atoms with Crippen LogP contribution in [0.2, 0.25) is 0 Å². The molecule has 0 spiro atoms. The zero-order valence-corrected chi connectivity index (χ0v) is 19.5. The number of benzene rings is 2. The Morgan fingerprint density at radius 2 is 1.80 bits per heavy atom. The van der Waals surface area contributed by atoms with E-state index < -0.39 is 5.60 Å². The Morgan fingerprint density at radius 1 is 1.03 bits per heavy atom. The monoisotopic (exact) mass is 461 g/mol. The largest absolute Gasteiger partial charge is 0.508 e. The minimum absolute atomic E-state index is 0.0495. The lowest BCUT2D eigenvalue weighted by molar-refractivity contribution is -0.104. The molecule has 0 saturated carbocycles. The smallest absolute Gasteiger partial charge is 0.150 e. The van der Waals surface area contributed by atoms with Crippen LogP contribution in [0.5, 0.6) is 0 Å². The average Bonchev–Trinajstić information content (AvgIpc) is 3.16. The number of rotatable bonds is 4. The highest BCUT2D eigenvalue weighted by molar-refractivity contribution is 5.86. The van der Waals surface area contributed by atoms with Gasteiger partial charge < -0.3 is 15.9 Å². The second kappa shape index (κ2) is 8.90. The van der Waals surface area contributed by atoms with Crippen molar-refractivity contribution in [3.8, 4) is 0 Å². The van der Waals surface area contributed by atoms with Crippen molar-refractivity contribution in [3.63, 3.8) is 0 Å². The van der Waals surface area contributed by atoms with Gasteiger partial charge in [0.05, 0.1) is 0 Å². The molecule has 0 amide bonds. The maximum atomic E-state index is 12.6. The molecular weight excluding hydrogens is 434 g/mol. The quantitative estimate of drug-likeness (QED) is 0.505. The topological polar surface area (TPSA) is 83.6 Å². The normalized spacial score (nSPS) is 21.5. The van der Waals surface area contributed by atoms with E-state index in [1.807, 2.05) is 79.8 Å². The molecule has 3 aliphatic carbocycles. The second-order valence-corrected chi connectivity index (χ2v) is 9.18. The molecule has 2 atom stereocenters. The summed E-state index contributed by atoms with van der Waals surface area (Å²) in [5.74, 6) is -0.227. The number of aliphatic hydroxyl groups is 2. The van der Waals surface area contributed by atoms with Crippen LogP contribution < -0.4 is 5.73 Å². The van der Waals surface area contributed by atoms with Crippen molar-refractivity contribution >= 4 is 17.1 Å². The molecule has 4 nitrogen and oxygen atoms in total. The van der Waals surface area contributed by atoms with Gasteiger partial charge in [-0.15, -0.1) is 0 Å². The molecule has 2 unspecified atom stereocenters. The summed E-state index contributed by atoms with van der Waals surface area (Å²) >= 11 is 0. The molecule has 5 rings (SSSR count). The van der Waals surface area contributed by atoms with Crippen LogP contribution in [-0.2, 0) is 10.4 Å². The van der Waals surface area contributed by atoms with Crippen molar-refractivity contribution in [2.24, 2.45) is 11.7 Å². The zero-order chi connectivity index (χ0) is 24.6. The minimum atomic E-state index is -1.79. The number of aldehydes is 1. The Morgan fingerprint density at radius 3 is 2.60 bits per heavy atom. The van der Waals surface area contributed by atoms with Crippen LogP contribution in [0.25, 0.3) is 10.8 Å².